The van der Waals surface area contributed by atoms with Crippen LogP contribution in [-0.2, 0) is 13.7 Å². The number of benzene rings is 1. The maximum absolute atomic E-state index is 13.1. The van der Waals surface area contributed by atoms with E-state index < -0.39 is 0 Å². The van der Waals surface area contributed by atoms with Crippen molar-refractivity contribution in [2.24, 2.45) is 7.05 Å². The predicted octanol–water partition coefficient (Wildman–Crippen LogP) is 3.54. The van der Waals surface area contributed by atoms with Gasteiger partial charge in [0.05, 0.1) is 17.9 Å². The minimum absolute atomic E-state index is 0.115. The van der Waals surface area contributed by atoms with Crippen LogP contribution in [-0.4, -0.2) is 38.7 Å². The summed E-state index contributed by atoms with van der Waals surface area (Å²) in [6, 6.07) is 10.7. The molecule has 0 saturated carbocycles. The molecule has 4 rings (SSSR count). The van der Waals surface area contributed by atoms with E-state index in [0.717, 1.165) is 18.7 Å². The van der Waals surface area contributed by atoms with Crippen LogP contribution in [0.3, 0.4) is 0 Å². The van der Waals surface area contributed by atoms with Crippen LogP contribution < -0.4 is 4.74 Å². The van der Waals surface area contributed by atoms with E-state index in [1.165, 1.54) is 6.26 Å². The molecule has 1 atom stereocenters. The van der Waals surface area contributed by atoms with E-state index in [-0.39, 0.29) is 24.2 Å². The zero-order valence-corrected chi connectivity index (χ0v) is 17.3. The fraction of sp³-hybridized carbons (Fsp3) is 0.333. The standard InChI is InChI=1S/C21H21N5O3S/c1-25-19(23-24-21(25)30)15-5-3-8-26(12-15)20(27)18-16(7-9-28-18)13-29-17-6-2-4-14(10-17)11-22/h2,4,6-7,9-10,15H,3,5,8,12-13H2,1H3,(H,24,30). The number of nitriles is 1. The van der Waals surface area contributed by atoms with Crippen LogP contribution in [0.1, 0.15) is 46.3 Å². The van der Waals surface area contributed by atoms with Crippen LogP contribution in [0, 0.1) is 16.1 Å². The van der Waals surface area contributed by atoms with Crippen molar-refractivity contribution < 1.29 is 13.9 Å². The number of H-pyrrole nitrogens is 1. The van der Waals surface area contributed by atoms with Gasteiger partial charge in [-0.25, -0.2) is 0 Å². The van der Waals surface area contributed by atoms with Gasteiger partial charge in [-0.05, 0) is 49.3 Å². The Bertz CT molecular complexity index is 1160. The summed E-state index contributed by atoms with van der Waals surface area (Å²) in [6.45, 7) is 1.39. The van der Waals surface area contributed by atoms with Gasteiger partial charge >= 0.3 is 0 Å². The Hall–Kier alpha value is -3.38. The average Bonchev–Trinajstić information content (AvgIpc) is 3.38. The van der Waals surface area contributed by atoms with Gasteiger partial charge in [-0.2, -0.15) is 10.4 Å². The van der Waals surface area contributed by atoms with Gasteiger partial charge in [-0.15, -0.1) is 0 Å². The second kappa shape index (κ2) is 8.55. The number of nitrogens with zero attached hydrogens (tertiary/aromatic N) is 4. The summed E-state index contributed by atoms with van der Waals surface area (Å²) in [5.74, 6) is 1.66. The molecule has 1 aliphatic heterocycles. The highest BCUT2D eigenvalue weighted by atomic mass is 32.1. The normalized spacial score (nSPS) is 16.3. The fourth-order valence-electron chi connectivity index (χ4n) is 3.69. The van der Waals surface area contributed by atoms with Crippen molar-refractivity contribution in [3.8, 4) is 11.8 Å². The van der Waals surface area contributed by atoms with Crippen LogP contribution in [0.2, 0.25) is 0 Å². The largest absolute Gasteiger partial charge is 0.489 e. The minimum atomic E-state index is -0.161. The highest BCUT2D eigenvalue weighted by Gasteiger charge is 2.30. The van der Waals surface area contributed by atoms with Crippen molar-refractivity contribution in [3.05, 3.63) is 64.1 Å². The lowest BCUT2D eigenvalue weighted by Gasteiger charge is -2.31. The summed E-state index contributed by atoms with van der Waals surface area (Å²) in [5.41, 5.74) is 1.19. The van der Waals surface area contributed by atoms with E-state index in [1.807, 2.05) is 11.6 Å². The molecule has 30 heavy (non-hydrogen) atoms. The Balaban J connectivity index is 1.46. The van der Waals surface area contributed by atoms with Crippen molar-refractivity contribution in [2.45, 2.75) is 25.4 Å². The smallest absolute Gasteiger partial charge is 0.289 e. The van der Waals surface area contributed by atoms with Gasteiger partial charge in [-0.3, -0.25) is 9.89 Å². The number of likely N-dealkylation sites (tertiary alicyclic amines) is 1. The van der Waals surface area contributed by atoms with Crippen LogP contribution in [0.4, 0.5) is 0 Å². The summed E-state index contributed by atoms with van der Waals surface area (Å²) in [5, 5.41) is 16.2. The molecule has 0 radical (unpaired) electrons. The number of nitrogens with one attached hydrogen (secondary N) is 1. The van der Waals surface area contributed by atoms with Crippen molar-refractivity contribution in [3.63, 3.8) is 0 Å². The van der Waals surface area contributed by atoms with E-state index >= 15 is 0 Å². The molecule has 1 unspecified atom stereocenters. The zero-order valence-electron chi connectivity index (χ0n) is 16.5. The Labute approximate surface area is 178 Å². The number of amides is 1. The summed E-state index contributed by atoms with van der Waals surface area (Å²) in [4.78, 5) is 14.9. The lowest BCUT2D eigenvalue weighted by Crippen LogP contribution is -2.40. The summed E-state index contributed by atoms with van der Waals surface area (Å²) in [7, 11) is 1.88. The molecule has 1 aliphatic rings. The van der Waals surface area contributed by atoms with Crippen molar-refractivity contribution in [1.82, 2.24) is 19.7 Å². The Kier molecular flexibility index (Phi) is 5.68. The molecule has 1 N–H and O–H groups in total. The number of carbonyl (C=O) groups is 1. The van der Waals surface area contributed by atoms with Gasteiger partial charge in [0.25, 0.3) is 5.91 Å². The molecule has 0 spiro atoms. The van der Waals surface area contributed by atoms with Crippen molar-refractivity contribution >= 4 is 18.1 Å². The first-order chi connectivity index (χ1) is 14.6. The number of aromatic amines is 1. The summed E-state index contributed by atoms with van der Waals surface area (Å²) >= 11 is 5.21. The van der Waals surface area contributed by atoms with Gasteiger partial charge in [0, 0.05) is 31.6 Å². The molecule has 0 aliphatic carbocycles. The van der Waals surface area contributed by atoms with Crippen molar-refractivity contribution in [1.29, 1.82) is 5.26 Å². The lowest BCUT2D eigenvalue weighted by atomic mass is 9.97. The summed E-state index contributed by atoms with van der Waals surface area (Å²) in [6.07, 6.45) is 3.32. The maximum Gasteiger partial charge on any atom is 0.289 e. The van der Waals surface area contributed by atoms with Crippen LogP contribution in [0.15, 0.2) is 41.0 Å². The van der Waals surface area contributed by atoms with E-state index in [0.29, 0.717) is 34.7 Å². The Morgan fingerprint density at radius 2 is 2.33 bits per heavy atom. The molecule has 1 fully saturated rings. The molecule has 1 amide bonds. The zero-order chi connectivity index (χ0) is 21.1. The van der Waals surface area contributed by atoms with E-state index in [4.69, 9.17) is 26.6 Å². The van der Waals surface area contributed by atoms with Crippen molar-refractivity contribution in [2.75, 3.05) is 13.1 Å². The third-order valence-corrected chi connectivity index (χ3v) is 5.65. The SMILES string of the molecule is Cn1c(C2CCCN(C(=O)c3occc3COc3cccc(C#N)c3)C2)n[nH]c1=S. The number of carbonyl (C=O) groups excluding carboxylic acids is 1. The average molecular weight is 423 g/mol. The summed E-state index contributed by atoms with van der Waals surface area (Å²) < 4.78 is 13.7. The van der Waals surface area contributed by atoms with Gasteiger partial charge < -0.3 is 18.6 Å². The molecule has 8 nitrogen and oxygen atoms in total. The minimum Gasteiger partial charge on any atom is -0.489 e. The molecule has 3 heterocycles. The van der Waals surface area contributed by atoms with Crippen LogP contribution in [0.5, 0.6) is 5.75 Å². The number of aromatic nitrogens is 3. The van der Waals surface area contributed by atoms with Crippen LogP contribution in [0.25, 0.3) is 0 Å². The van der Waals surface area contributed by atoms with Crippen LogP contribution >= 0.6 is 12.2 Å². The topological polar surface area (TPSA) is 100 Å². The molecule has 2 aromatic heterocycles. The number of furan rings is 1. The number of piperidine rings is 1. The first-order valence-electron chi connectivity index (χ1n) is 9.66. The molecular weight excluding hydrogens is 402 g/mol. The third-order valence-electron chi connectivity index (χ3n) is 5.29. The van der Waals surface area contributed by atoms with Gasteiger partial charge in [0.15, 0.2) is 10.5 Å². The number of hydrogen-bond donors (Lipinski definition) is 1. The predicted molar refractivity (Wildman–Crippen MR) is 110 cm³/mol. The molecule has 1 aromatic carbocycles. The van der Waals surface area contributed by atoms with Gasteiger partial charge in [0.2, 0.25) is 0 Å². The first-order valence-corrected chi connectivity index (χ1v) is 10.1. The lowest BCUT2D eigenvalue weighted by molar-refractivity contribution is 0.0667. The highest BCUT2D eigenvalue weighted by Crippen LogP contribution is 2.27. The quantitative estimate of drug-likeness (QED) is 0.630. The second-order valence-electron chi connectivity index (χ2n) is 7.24. The Morgan fingerprint density at radius 3 is 3.10 bits per heavy atom. The van der Waals surface area contributed by atoms with Gasteiger partial charge in [0.1, 0.15) is 18.2 Å². The fourth-order valence-corrected chi connectivity index (χ4v) is 3.83. The van der Waals surface area contributed by atoms with Gasteiger partial charge in [-0.1, -0.05) is 6.07 Å². The number of hydrogen-bond acceptors (Lipinski definition) is 6. The van der Waals surface area contributed by atoms with E-state index in [1.54, 1.807) is 35.2 Å². The van der Waals surface area contributed by atoms with E-state index in [9.17, 15) is 4.79 Å². The maximum atomic E-state index is 13.1. The third kappa shape index (κ3) is 4.00. The Morgan fingerprint density at radius 1 is 1.47 bits per heavy atom. The molecule has 1 saturated heterocycles. The monoisotopic (exact) mass is 423 g/mol. The molecule has 3 aromatic rings. The highest BCUT2D eigenvalue weighted by molar-refractivity contribution is 7.71. The molecule has 154 valence electrons. The second-order valence-corrected chi connectivity index (χ2v) is 7.63. The van der Waals surface area contributed by atoms with E-state index in [2.05, 4.69) is 16.3 Å². The number of ether oxygens (including phenoxy) is 1. The number of rotatable bonds is 5. The molecule has 0 bridgehead atoms. The molecular formula is C21H21N5O3S. The molecule has 9 heteroatoms. The first kappa shape index (κ1) is 19.9.